The third-order valence-electron chi connectivity index (χ3n) is 5.00. The number of carbonyl (C=O) groups excluding carboxylic acids is 1. The fourth-order valence-corrected chi connectivity index (χ4v) is 3.52. The van der Waals surface area contributed by atoms with Gasteiger partial charge in [-0.2, -0.15) is 9.78 Å². The van der Waals surface area contributed by atoms with Crippen LogP contribution in [0.3, 0.4) is 0 Å². The van der Waals surface area contributed by atoms with Crippen LogP contribution in [0.5, 0.6) is 11.5 Å². The molecule has 1 saturated heterocycles. The van der Waals surface area contributed by atoms with E-state index in [0.717, 1.165) is 28.3 Å². The van der Waals surface area contributed by atoms with E-state index in [0.29, 0.717) is 31.2 Å². The first-order valence-electron chi connectivity index (χ1n) is 9.81. The minimum absolute atomic E-state index is 0.146. The van der Waals surface area contributed by atoms with Gasteiger partial charge in [-0.15, -0.1) is 0 Å². The molecular formula is C22H21ClN4O4. The van der Waals surface area contributed by atoms with Crippen molar-refractivity contribution in [2.75, 3.05) is 26.2 Å². The molecule has 0 saturated carbocycles. The molecule has 1 aliphatic heterocycles. The van der Waals surface area contributed by atoms with Crippen LogP contribution in [-0.4, -0.2) is 62.9 Å². The van der Waals surface area contributed by atoms with E-state index >= 15 is 0 Å². The third kappa shape index (κ3) is 5.22. The normalized spacial score (nSPS) is 14.4. The summed E-state index contributed by atoms with van der Waals surface area (Å²) in [4.78, 5) is 27.4. The van der Waals surface area contributed by atoms with Gasteiger partial charge >= 0.3 is 12.0 Å². The van der Waals surface area contributed by atoms with Crippen LogP contribution >= 0.6 is 11.6 Å². The molecule has 0 aliphatic carbocycles. The average Bonchev–Trinajstić information content (AvgIpc) is 3.26. The lowest BCUT2D eigenvalue weighted by atomic mass is 10.2. The summed E-state index contributed by atoms with van der Waals surface area (Å²) in [5.41, 5.74) is 0.970. The maximum absolute atomic E-state index is 12.5. The summed E-state index contributed by atoms with van der Waals surface area (Å²) in [7, 11) is 0. The summed E-state index contributed by atoms with van der Waals surface area (Å²) in [6.45, 7) is 3.25. The van der Waals surface area contributed by atoms with Gasteiger partial charge < -0.3 is 14.7 Å². The minimum atomic E-state index is -1.15. The Kier molecular flexibility index (Phi) is 6.20. The maximum Gasteiger partial charge on any atom is 0.356 e. The Balaban J connectivity index is 1.32. The lowest BCUT2D eigenvalue weighted by molar-refractivity contribution is 0.0689. The molecule has 1 amide bonds. The number of rotatable bonds is 5. The van der Waals surface area contributed by atoms with Crippen LogP contribution in [0.2, 0.25) is 5.02 Å². The van der Waals surface area contributed by atoms with Gasteiger partial charge in [-0.3, -0.25) is 4.90 Å². The minimum Gasteiger partial charge on any atom is -0.476 e. The zero-order chi connectivity index (χ0) is 21.8. The van der Waals surface area contributed by atoms with Crippen molar-refractivity contribution >= 4 is 23.6 Å². The lowest BCUT2D eigenvalue weighted by Gasteiger charge is -2.34. The number of nitrogens with zero attached hydrogens (tertiary/aromatic N) is 4. The SMILES string of the molecule is O=C(O)c1ccn(C(=O)N2CCN(Cc3cccc(Oc4ccc(Cl)cc4)c3)CC2)n1. The number of carboxylic acid groups (broad SMARTS) is 1. The van der Waals surface area contributed by atoms with Crippen molar-refractivity contribution in [3.63, 3.8) is 0 Å². The lowest BCUT2D eigenvalue weighted by Crippen LogP contribution is -2.49. The summed E-state index contributed by atoms with van der Waals surface area (Å²) >= 11 is 5.91. The van der Waals surface area contributed by atoms with Crippen LogP contribution in [0.4, 0.5) is 4.79 Å². The highest BCUT2D eigenvalue weighted by atomic mass is 35.5. The Morgan fingerprint density at radius 3 is 2.42 bits per heavy atom. The van der Waals surface area contributed by atoms with E-state index < -0.39 is 5.97 Å². The Morgan fingerprint density at radius 1 is 1.00 bits per heavy atom. The van der Waals surface area contributed by atoms with Gasteiger partial charge in [-0.25, -0.2) is 9.59 Å². The first kappa shape index (κ1) is 20.9. The van der Waals surface area contributed by atoms with Crippen LogP contribution in [0.15, 0.2) is 60.8 Å². The quantitative estimate of drug-likeness (QED) is 0.649. The molecule has 160 valence electrons. The number of amides is 1. The number of ether oxygens (including phenoxy) is 1. The highest BCUT2D eigenvalue weighted by Crippen LogP contribution is 2.24. The maximum atomic E-state index is 12.5. The molecule has 2 aromatic carbocycles. The molecule has 4 rings (SSSR count). The fraction of sp³-hybridized carbons (Fsp3) is 0.227. The summed E-state index contributed by atoms with van der Waals surface area (Å²) in [6, 6.07) is 16.1. The number of piperazine rings is 1. The first-order chi connectivity index (χ1) is 15.0. The van der Waals surface area contributed by atoms with E-state index in [-0.39, 0.29) is 11.7 Å². The Bertz CT molecular complexity index is 1080. The van der Waals surface area contributed by atoms with Gasteiger partial charge in [-0.1, -0.05) is 23.7 Å². The molecule has 0 spiro atoms. The number of carbonyl (C=O) groups is 2. The van der Waals surface area contributed by atoms with E-state index in [4.69, 9.17) is 21.4 Å². The smallest absolute Gasteiger partial charge is 0.356 e. The second-order valence-electron chi connectivity index (χ2n) is 7.20. The van der Waals surface area contributed by atoms with Crippen molar-refractivity contribution in [3.05, 3.63) is 77.1 Å². The molecule has 3 aromatic rings. The molecule has 1 aliphatic rings. The van der Waals surface area contributed by atoms with E-state index in [9.17, 15) is 9.59 Å². The predicted octanol–water partition coefficient (Wildman–Crippen LogP) is 3.81. The van der Waals surface area contributed by atoms with Crippen LogP contribution in [0.1, 0.15) is 16.1 Å². The van der Waals surface area contributed by atoms with E-state index in [2.05, 4.69) is 10.00 Å². The van der Waals surface area contributed by atoms with Crippen molar-refractivity contribution in [3.8, 4) is 11.5 Å². The predicted molar refractivity (Wildman–Crippen MR) is 115 cm³/mol. The molecule has 1 N–H and O–H groups in total. The van der Waals surface area contributed by atoms with Crippen molar-refractivity contribution in [2.24, 2.45) is 0 Å². The molecule has 0 atom stereocenters. The number of halogens is 1. The second kappa shape index (κ2) is 9.20. The van der Waals surface area contributed by atoms with Crippen molar-refractivity contribution in [1.29, 1.82) is 0 Å². The summed E-state index contributed by atoms with van der Waals surface area (Å²) in [5.74, 6) is 0.318. The molecule has 0 bridgehead atoms. The van der Waals surface area contributed by atoms with E-state index in [1.54, 1.807) is 17.0 Å². The number of benzene rings is 2. The van der Waals surface area contributed by atoms with E-state index in [1.165, 1.54) is 12.3 Å². The van der Waals surface area contributed by atoms with Crippen LogP contribution in [0.25, 0.3) is 0 Å². The number of hydrogen-bond acceptors (Lipinski definition) is 5. The summed E-state index contributed by atoms with van der Waals surface area (Å²) in [5, 5.41) is 13.4. The summed E-state index contributed by atoms with van der Waals surface area (Å²) < 4.78 is 6.98. The standard InChI is InChI=1S/C22H21ClN4O4/c23-17-4-6-18(7-5-17)31-19-3-1-2-16(14-19)15-25-10-12-26(13-11-25)22(30)27-9-8-20(24-27)21(28)29/h1-9,14H,10-13,15H2,(H,28,29). The third-order valence-corrected chi connectivity index (χ3v) is 5.25. The molecule has 1 fully saturated rings. The topological polar surface area (TPSA) is 87.9 Å². The number of carboxylic acids is 1. The molecule has 0 radical (unpaired) electrons. The van der Waals surface area contributed by atoms with Crippen molar-refractivity contribution in [2.45, 2.75) is 6.54 Å². The monoisotopic (exact) mass is 440 g/mol. The number of aromatic carboxylic acids is 1. The summed E-state index contributed by atoms with van der Waals surface area (Å²) in [6.07, 6.45) is 1.38. The second-order valence-corrected chi connectivity index (χ2v) is 7.64. The van der Waals surface area contributed by atoms with Crippen LogP contribution < -0.4 is 4.74 Å². The zero-order valence-electron chi connectivity index (χ0n) is 16.6. The average molecular weight is 441 g/mol. The highest BCUT2D eigenvalue weighted by molar-refractivity contribution is 6.30. The van der Waals surface area contributed by atoms with Gasteiger partial charge in [0.25, 0.3) is 0 Å². The Hall–Kier alpha value is -3.36. The van der Waals surface area contributed by atoms with Gasteiger partial charge in [0.2, 0.25) is 0 Å². The van der Waals surface area contributed by atoms with Crippen molar-refractivity contribution in [1.82, 2.24) is 19.6 Å². The molecule has 9 heteroatoms. The molecule has 2 heterocycles. The molecule has 0 unspecified atom stereocenters. The van der Waals surface area contributed by atoms with Crippen molar-refractivity contribution < 1.29 is 19.4 Å². The molecule has 1 aromatic heterocycles. The van der Waals surface area contributed by atoms with Crippen LogP contribution in [0, 0.1) is 0 Å². The molecular weight excluding hydrogens is 420 g/mol. The largest absolute Gasteiger partial charge is 0.476 e. The van der Waals surface area contributed by atoms with E-state index in [1.807, 2.05) is 36.4 Å². The first-order valence-corrected chi connectivity index (χ1v) is 10.2. The van der Waals surface area contributed by atoms with Gasteiger partial charge in [0.1, 0.15) is 11.5 Å². The van der Waals surface area contributed by atoms with Gasteiger partial charge in [0, 0.05) is 43.9 Å². The Morgan fingerprint density at radius 2 is 1.74 bits per heavy atom. The highest BCUT2D eigenvalue weighted by Gasteiger charge is 2.23. The van der Waals surface area contributed by atoms with Crippen LogP contribution in [-0.2, 0) is 6.54 Å². The molecule has 31 heavy (non-hydrogen) atoms. The van der Waals surface area contributed by atoms with Gasteiger partial charge in [0.05, 0.1) is 0 Å². The Labute approximate surface area is 184 Å². The zero-order valence-corrected chi connectivity index (χ0v) is 17.4. The fourth-order valence-electron chi connectivity index (χ4n) is 3.39. The molecule has 8 nitrogen and oxygen atoms in total. The number of aromatic nitrogens is 2. The number of hydrogen-bond donors (Lipinski definition) is 1. The van der Waals surface area contributed by atoms with Gasteiger partial charge in [0.15, 0.2) is 5.69 Å². The van der Waals surface area contributed by atoms with Gasteiger partial charge in [-0.05, 0) is 48.0 Å².